The largest absolute Gasteiger partial charge is 0.496 e. The van der Waals surface area contributed by atoms with E-state index in [2.05, 4.69) is 76.9 Å². The molecular weight excluding hydrogens is 476 g/mol. The van der Waals surface area contributed by atoms with E-state index in [4.69, 9.17) is 16.3 Å². The van der Waals surface area contributed by atoms with Crippen molar-refractivity contribution in [1.29, 1.82) is 0 Å². The maximum absolute atomic E-state index is 6.42. The molecule has 4 fully saturated rings. The number of hydrogen-bond donors (Lipinski definition) is 1. The van der Waals surface area contributed by atoms with Crippen LogP contribution in [0.2, 0.25) is 5.02 Å². The quantitative estimate of drug-likeness (QED) is 0.358. The number of nitrogens with zero attached hydrogens (tertiary/aromatic N) is 1. The Morgan fingerprint density at radius 1 is 0.865 bits per heavy atom. The molecule has 3 saturated heterocycles. The molecule has 6 unspecified atom stereocenters. The van der Waals surface area contributed by atoms with Crippen LogP contribution in [0.3, 0.4) is 0 Å². The number of nitrogens with one attached hydrogen (secondary N) is 1. The fourth-order valence-corrected chi connectivity index (χ4v) is 8.07. The van der Waals surface area contributed by atoms with Gasteiger partial charge in [0.25, 0.3) is 0 Å². The van der Waals surface area contributed by atoms with Crippen LogP contribution in [0.15, 0.2) is 78.9 Å². The smallest absolute Gasteiger partial charge is 0.123 e. The molecule has 3 aromatic rings. The average molecular weight is 515 g/mol. The lowest BCUT2D eigenvalue weighted by atomic mass is 9.62. The number of fused-ring (bicyclic) bond motifs is 2. The Bertz CT molecular complexity index is 1130. The van der Waals surface area contributed by atoms with E-state index in [9.17, 15) is 0 Å². The Morgan fingerprint density at radius 3 is 2.27 bits per heavy atom. The van der Waals surface area contributed by atoms with Gasteiger partial charge in [-0.15, -0.1) is 0 Å². The molecular formula is C33H39ClN2O. The summed E-state index contributed by atoms with van der Waals surface area (Å²) < 4.78 is 5.71. The Hall–Kier alpha value is -2.33. The normalized spacial score (nSPS) is 29.1. The predicted molar refractivity (Wildman–Crippen MR) is 152 cm³/mol. The van der Waals surface area contributed by atoms with Gasteiger partial charge in [0.1, 0.15) is 5.75 Å². The van der Waals surface area contributed by atoms with E-state index in [1.54, 1.807) is 7.11 Å². The summed E-state index contributed by atoms with van der Waals surface area (Å²) >= 11 is 6.42. The van der Waals surface area contributed by atoms with Crippen LogP contribution in [0, 0.1) is 11.8 Å². The van der Waals surface area contributed by atoms with Gasteiger partial charge in [0, 0.05) is 41.2 Å². The van der Waals surface area contributed by atoms with Crippen molar-refractivity contribution in [1.82, 2.24) is 10.2 Å². The van der Waals surface area contributed by atoms with Crippen molar-refractivity contribution >= 4 is 11.6 Å². The van der Waals surface area contributed by atoms with Gasteiger partial charge in [0.05, 0.1) is 7.11 Å². The fraction of sp³-hybridized carbons (Fsp3) is 0.455. The van der Waals surface area contributed by atoms with E-state index in [0.29, 0.717) is 30.0 Å². The van der Waals surface area contributed by atoms with E-state index in [0.717, 1.165) is 28.8 Å². The summed E-state index contributed by atoms with van der Waals surface area (Å²) in [5.74, 6) is 2.72. The number of benzene rings is 3. The lowest BCUT2D eigenvalue weighted by molar-refractivity contribution is -0.0855. The van der Waals surface area contributed by atoms with Gasteiger partial charge < -0.3 is 10.1 Å². The van der Waals surface area contributed by atoms with Crippen LogP contribution in [0.25, 0.3) is 0 Å². The molecule has 3 nitrogen and oxygen atoms in total. The lowest BCUT2D eigenvalue weighted by Gasteiger charge is -2.61. The average Bonchev–Trinajstić information content (AvgIpc) is 3.21. The van der Waals surface area contributed by atoms with Gasteiger partial charge in [-0.1, -0.05) is 91.5 Å². The first-order valence-electron chi connectivity index (χ1n) is 14.2. The maximum Gasteiger partial charge on any atom is 0.123 e. The van der Waals surface area contributed by atoms with E-state index >= 15 is 0 Å². The van der Waals surface area contributed by atoms with Crippen molar-refractivity contribution in [3.8, 4) is 5.75 Å². The highest BCUT2D eigenvalue weighted by Crippen LogP contribution is 2.50. The van der Waals surface area contributed by atoms with Gasteiger partial charge in [-0.25, -0.2) is 0 Å². The molecule has 7 rings (SSSR count). The van der Waals surface area contributed by atoms with Gasteiger partial charge in [0.2, 0.25) is 0 Å². The van der Waals surface area contributed by atoms with Crippen molar-refractivity contribution in [3.05, 3.63) is 101 Å². The molecule has 3 aromatic carbocycles. The van der Waals surface area contributed by atoms with Crippen LogP contribution in [0.1, 0.15) is 61.1 Å². The molecule has 0 spiro atoms. The topological polar surface area (TPSA) is 24.5 Å². The molecule has 0 amide bonds. The molecule has 6 atom stereocenters. The van der Waals surface area contributed by atoms with Crippen LogP contribution < -0.4 is 10.1 Å². The third-order valence-electron chi connectivity index (χ3n) is 9.37. The SMILES string of the molecule is COc1ccc(Cl)cc1CNC1C2CCN(C3CCCCCC23)C1C(c1ccccc1)c1ccccc1. The zero-order valence-corrected chi connectivity index (χ0v) is 22.6. The number of methoxy groups -OCH3 is 1. The molecule has 1 saturated carbocycles. The van der Waals surface area contributed by atoms with Gasteiger partial charge >= 0.3 is 0 Å². The van der Waals surface area contributed by atoms with Crippen molar-refractivity contribution in [2.75, 3.05) is 13.7 Å². The van der Waals surface area contributed by atoms with E-state index in [-0.39, 0.29) is 0 Å². The summed E-state index contributed by atoms with van der Waals surface area (Å²) in [6.45, 7) is 1.98. The van der Waals surface area contributed by atoms with Gasteiger partial charge in [-0.2, -0.15) is 0 Å². The lowest BCUT2D eigenvalue weighted by Crippen LogP contribution is -2.70. The predicted octanol–water partition coefficient (Wildman–Crippen LogP) is 7.29. The summed E-state index contributed by atoms with van der Waals surface area (Å²) in [5, 5.41) is 4.88. The van der Waals surface area contributed by atoms with E-state index < -0.39 is 0 Å². The van der Waals surface area contributed by atoms with Crippen molar-refractivity contribution in [2.24, 2.45) is 11.8 Å². The minimum atomic E-state index is 0.327. The molecule has 3 aliphatic heterocycles. The summed E-state index contributed by atoms with van der Waals surface area (Å²) in [5.41, 5.74) is 3.98. The number of piperidine rings is 3. The van der Waals surface area contributed by atoms with Crippen LogP contribution in [-0.4, -0.2) is 36.7 Å². The van der Waals surface area contributed by atoms with E-state index in [1.165, 1.54) is 56.2 Å². The van der Waals surface area contributed by atoms with Crippen LogP contribution in [-0.2, 0) is 6.54 Å². The molecule has 3 heterocycles. The summed E-state index contributed by atoms with van der Waals surface area (Å²) in [6.07, 6.45) is 8.15. The molecule has 37 heavy (non-hydrogen) atoms. The van der Waals surface area contributed by atoms with Crippen molar-refractivity contribution < 1.29 is 4.74 Å². The van der Waals surface area contributed by atoms with Crippen molar-refractivity contribution in [2.45, 2.75) is 69.1 Å². The Labute approximate surface area is 227 Å². The van der Waals surface area contributed by atoms with Gasteiger partial charge in [-0.05, 0) is 67.0 Å². The summed E-state index contributed by atoms with van der Waals surface area (Å²) in [7, 11) is 1.75. The zero-order valence-electron chi connectivity index (χ0n) is 21.9. The van der Waals surface area contributed by atoms with Gasteiger partial charge in [-0.3, -0.25) is 4.90 Å². The zero-order chi connectivity index (χ0) is 25.2. The Kier molecular flexibility index (Phi) is 7.55. The van der Waals surface area contributed by atoms with Crippen LogP contribution in [0.5, 0.6) is 5.75 Å². The highest BCUT2D eigenvalue weighted by atomic mass is 35.5. The maximum atomic E-state index is 6.42. The van der Waals surface area contributed by atoms with Crippen LogP contribution in [0.4, 0.5) is 0 Å². The second kappa shape index (κ2) is 11.2. The number of halogens is 1. The van der Waals surface area contributed by atoms with Crippen LogP contribution >= 0.6 is 11.6 Å². The fourth-order valence-electron chi connectivity index (χ4n) is 7.87. The molecule has 2 bridgehead atoms. The highest BCUT2D eigenvalue weighted by molar-refractivity contribution is 6.30. The second-order valence-corrected chi connectivity index (χ2v) is 11.6. The summed E-state index contributed by atoms with van der Waals surface area (Å²) in [4.78, 5) is 2.94. The molecule has 4 heteroatoms. The third kappa shape index (κ3) is 4.94. The molecule has 1 N–H and O–H groups in total. The molecule has 1 aliphatic carbocycles. The minimum absolute atomic E-state index is 0.327. The minimum Gasteiger partial charge on any atom is -0.496 e. The number of rotatable bonds is 7. The monoisotopic (exact) mass is 514 g/mol. The third-order valence-corrected chi connectivity index (χ3v) is 9.60. The molecule has 0 radical (unpaired) electrons. The molecule has 0 aromatic heterocycles. The number of ether oxygens (including phenoxy) is 1. The molecule has 194 valence electrons. The van der Waals surface area contributed by atoms with Crippen molar-refractivity contribution in [3.63, 3.8) is 0 Å². The first-order chi connectivity index (χ1) is 18.2. The molecule has 4 aliphatic rings. The Balaban J connectivity index is 1.41. The first kappa shape index (κ1) is 25.0. The number of hydrogen-bond acceptors (Lipinski definition) is 3. The van der Waals surface area contributed by atoms with E-state index in [1.807, 2.05) is 12.1 Å². The highest BCUT2D eigenvalue weighted by Gasteiger charge is 2.54. The second-order valence-electron chi connectivity index (χ2n) is 11.2. The van der Waals surface area contributed by atoms with Gasteiger partial charge in [0.15, 0.2) is 0 Å². The Morgan fingerprint density at radius 2 is 1.57 bits per heavy atom. The first-order valence-corrected chi connectivity index (χ1v) is 14.5. The summed E-state index contributed by atoms with van der Waals surface area (Å²) in [6, 6.07) is 29.9. The standard InChI is InChI=1S/C33H39ClN2O/c1-37-30-18-17-26(34)21-25(30)22-35-32-28-19-20-36(29-16-10-4-9-15-27(28)29)33(32)31(23-11-5-2-6-12-23)24-13-7-3-8-14-24/h2-3,5-8,11-14,17-18,21,27-29,31-33,35H,4,9-10,15-16,19-20,22H2,1H3.